The maximum atomic E-state index is 12.5. The Morgan fingerprint density at radius 2 is 2.00 bits per heavy atom. The highest BCUT2D eigenvalue weighted by molar-refractivity contribution is 7.99. The van der Waals surface area contributed by atoms with Crippen molar-refractivity contribution < 1.29 is 22.1 Å². The van der Waals surface area contributed by atoms with Gasteiger partial charge in [-0.1, -0.05) is 43.0 Å². The summed E-state index contributed by atoms with van der Waals surface area (Å²) in [6.45, 7) is 1.96. The lowest BCUT2D eigenvalue weighted by Crippen LogP contribution is -2.13. The van der Waals surface area contributed by atoms with Crippen LogP contribution in [0.5, 0.6) is 11.5 Å². The van der Waals surface area contributed by atoms with Crippen LogP contribution in [0.15, 0.2) is 64.2 Å². The van der Waals surface area contributed by atoms with E-state index in [1.807, 2.05) is 13.0 Å². The zero-order valence-electron chi connectivity index (χ0n) is 17.5. The first-order chi connectivity index (χ1) is 15.9. The Bertz CT molecular complexity index is 1320. The maximum Gasteiger partial charge on any atom is 0.339 e. The number of carbonyl (C=O) groups excluding carboxylic acids is 1. The third-order valence-electron chi connectivity index (χ3n) is 4.00. The molecule has 0 aliphatic heterocycles. The summed E-state index contributed by atoms with van der Waals surface area (Å²) in [6.07, 6.45) is 1.34. The first kappa shape index (κ1) is 24.2. The molecule has 0 unspecified atom stereocenters. The summed E-state index contributed by atoms with van der Waals surface area (Å²) in [4.78, 5) is 16.6. The number of amides is 1. The van der Waals surface area contributed by atoms with Gasteiger partial charge in [0.15, 0.2) is 11.5 Å². The van der Waals surface area contributed by atoms with E-state index in [1.54, 1.807) is 18.2 Å². The van der Waals surface area contributed by atoms with E-state index in [1.165, 1.54) is 55.3 Å². The van der Waals surface area contributed by atoms with Gasteiger partial charge in [-0.25, -0.2) is 0 Å². The number of hydrogen-bond acceptors (Lipinski definition) is 10. The predicted molar refractivity (Wildman–Crippen MR) is 126 cm³/mol. The molecule has 12 heteroatoms. The molecule has 9 nitrogen and oxygen atoms in total. The van der Waals surface area contributed by atoms with Gasteiger partial charge in [-0.2, -0.15) is 23.0 Å². The molecule has 170 valence electrons. The van der Waals surface area contributed by atoms with E-state index in [4.69, 9.17) is 8.92 Å². The molecule has 0 bridgehead atoms. The molecule has 1 heterocycles. The number of nitrogens with one attached hydrogen (secondary N) is 1. The minimum Gasteiger partial charge on any atom is -0.493 e. The van der Waals surface area contributed by atoms with Crippen LogP contribution < -0.4 is 14.2 Å². The Balaban J connectivity index is 1.80. The molecule has 0 fully saturated rings. The zero-order valence-corrected chi connectivity index (χ0v) is 20.0. The van der Waals surface area contributed by atoms with Crippen molar-refractivity contribution in [2.45, 2.75) is 17.0 Å². The van der Waals surface area contributed by atoms with Gasteiger partial charge in [0.1, 0.15) is 16.5 Å². The van der Waals surface area contributed by atoms with Crippen molar-refractivity contribution >= 4 is 50.5 Å². The fourth-order valence-electron chi connectivity index (χ4n) is 2.52. The third-order valence-corrected chi connectivity index (χ3v) is 6.72. The van der Waals surface area contributed by atoms with Crippen LogP contribution in [0.25, 0.3) is 6.08 Å². The number of rotatable bonds is 9. The molecule has 1 N–H and O–H groups in total. The fraction of sp³-hybridized carbons (Fsp3) is 0.143. The van der Waals surface area contributed by atoms with Crippen LogP contribution in [-0.2, 0) is 14.9 Å². The third kappa shape index (κ3) is 6.32. The van der Waals surface area contributed by atoms with E-state index in [9.17, 15) is 18.5 Å². The molecule has 33 heavy (non-hydrogen) atoms. The van der Waals surface area contributed by atoms with Gasteiger partial charge in [-0.3, -0.25) is 10.1 Å². The van der Waals surface area contributed by atoms with Gasteiger partial charge >= 0.3 is 10.1 Å². The number of anilines is 1. The van der Waals surface area contributed by atoms with E-state index in [0.717, 1.165) is 17.3 Å². The number of benzene rings is 2. The lowest BCUT2D eigenvalue weighted by Gasteiger charge is -2.11. The van der Waals surface area contributed by atoms with Crippen molar-refractivity contribution in [3.8, 4) is 17.6 Å². The lowest BCUT2D eigenvalue weighted by molar-refractivity contribution is -0.112. The molecule has 3 aromatic rings. The van der Waals surface area contributed by atoms with Gasteiger partial charge in [0.2, 0.25) is 10.3 Å². The van der Waals surface area contributed by atoms with Gasteiger partial charge in [-0.15, -0.1) is 0 Å². The molecule has 0 radical (unpaired) electrons. The Hall–Kier alpha value is -3.40. The summed E-state index contributed by atoms with van der Waals surface area (Å²) in [6, 6.07) is 13.9. The summed E-state index contributed by atoms with van der Waals surface area (Å²) in [5.41, 5.74) is 0.255. The molecule has 0 saturated carbocycles. The smallest absolute Gasteiger partial charge is 0.339 e. The minimum absolute atomic E-state index is 0.00312. The first-order valence-electron chi connectivity index (χ1n) is 9.43. The van der Waals surface area contributed by atoms with Crippen molar-refractivity contribution in [3.05, 3.63) is 59.7 Å². The molecule has 1 amide bonds. The van der Waals surface area contributed by atoms with Crippen LogP contribution in [0.1, 0.15) is 12.5 Å². The molecular formula is C21H18N4O5S3. The lowest BCUT2D eigenvalue weighted by atomic mass is 10.1. The maximum absolute atomic E-state index is 12.5. The highest BCUT2D eigenvalue weighted by atomic mass is 32.2. The van der Waals surface area contributed by atoms with Crippen LogP contribution in [0.2, 0.25) is 0 Å². The van der Waals surface area contributed by atoms with Crippen molar-refractivity contribution in [2.24, 2.45) is 0 Å². The standard InChI is InChI=1S/C21H18N4O5S3/c1-3-31-21-24-20(32-25-21)23-19(26)15(13-22)11-14-9-10-17(18(12-14)29-2)30-33(27,28)16-7-5-4-6-8-16/h4-12H,3H2,1-2H3,(H,23,24,25,26). The van der Waals surface area contributed by atoms with Crippen LogP contribution in [0, 0.1) is 11.3 Å². The Morgan fingerprint density at radius 3 is 2.67 bits per heavy atom. The van der Waals surface area contributed by atoms with Gasteiger partial charge in [0, 0.05) is 11.5 Å². The quantitative estimate of drug-likeness (QED) is 0.200. The van der Waals surface area contributed by atoms with Crippen LogP contribution in [-0.4, -0.2) is 36.5 Å². The monoisotopic (exact) mass is 502 g/mol. The number of nitrogens with zero attached hydrogens (tertiary/aromatic N) is 3. The van der Waals surface area contributed by atoms with Crippen LogP contribution in [0.3, 0.4) is 0 Å². The number of carbonyl (C=O) groups is 1. The van der Waals surface area contributed by atoms with Crippen molar-refractivity contribution in [3.63, 3.8) is 0 Å². The average Bonchev–Trinajstić information content (AvgIpc) is 3.25. The van der Waals surface area contributed by atoms with Crippen molar-refractivity contribution in [2.75, 3.05) is 18.2 Å². The van der Waals surface area contributed by atoms with Crippen molar-refractivity contribution in [1.82, 2.24) is 9.36 Å². The first-order valence-corrected chi connectivity index (χ1v) is 12.6. The molecular weight excluding hydrogens is 484 g/mol. The molecule has 0 spiro atoms. The van der Waals surface area contributed by atoms with Gasteiger partial charge in [0.05, 0.1) is 7.11 Å². The summed E-state index contributed by atoms with van der Waals surface area (Å²) in [5, 5.41) is 12.8. The summed E-state index contributed by atoms with van der Waals surface area (Å²) in [5.74, 6) is 0.233. The van der Waals surface area contributed by atoms with Gasteiger partial charge < -0.3 is 8.92 Å². The zero-order chi connectivity index (χ0) is 23.8. The number of ether oxygens (including phenoxy) is 1. The molecule has 1 aromatic heterocycles. The molecule has 0 atom stereocenters. The SMILES string of the molecule is CCSc1nsc(NC(=O)C(C#N)=Cc2ccc(OS(=O)(=O)c3ccccc3)c(OC)c2)n1. The highest BCUT2D eigenvalue weighted by Crippen LogP contribution is 2.31. The Labute approximate surface area is 199 Å². The second-order valence-corrected chi connectivity index (χ2v) is 9.73. The summed E-state index contributed by atoms with van der Waals surface area (Å²) >= 11 is 2.46. The number of hydrogen-bond donors (Lipinski definition) is 1. The normalized spacial score (nSPS) is 11.5. The summed E-state index contributed by atoms with van der Waals surface area (Å²) < 4.78 is 39.5. The predicted octanol–water partition coefficient (Wildman–Crippen LogP) is 3.97. The highest BCUT2D eigenvalue weighted by Gasteiger charge is 2.19. The van der Waals surface area contributed by atoms with E-state index in [2.05, 4.69) is 14.7 Å². The van der Waals surface area contributed by atoms with E-state index in [-0.39, 0.29) is 27.1 Å². The van der Waals surface area contributed by atoms with E-state index >= 15 is 0 Å². The molecule has 0 aliphatic carbocycles. The molecule has 0 saturated heterocycles. The Kier molecular flexibility index (Phi) is 8.05. The number of thioether (sulfide) groups is 1. The average molecular weight is 503 g/mol. The van der Waals surface area contributed by atoms with Crippen LogP contribution in [0.4, 0.5) is 5.13 Å². The second kappa shape index (κ2) is 11.0. The molecule has 2 aromatic carbocycles. The van der Waals surface area contributed by atoms with Gasteiger partial charge in [0.25, 0.3) is 5.91 Å². The van der Waals surface area contributed by atoms with Crippen LogP contribution >= 0.6 is 23.3 Å². The molecule has 0 aliphatic rings. The number of nitriles is 1. The van der Waals surface area contributed by atoms with Gasteiger partial charge in [-0.05, 0) is 41.7 Å². The van der Waals surface area contributed by atoms with E-state index in [0.29, 0.717) is 10.7 Å². The summed E-state index contributed by atoms with van der Waals surface area (Å²) in [7, 11) is -2.71. The van der Waals surface area contributed by atoms with Crippen molar-refractivity contribution in [1.29, 1.82) is 5.26 Å². The fourth-order valence-corrected chi connectivity index (χ4v) is 4.75. The number of methoxy groups -OCH3 is 1. The number of aromatic nitrogens is 2. The van der Waals surface area contributed by atoms with E-state index < -0.39 is 16.0 Å². The second-order valence-electron chi connectivity index (χ2n) is 6.20. The topological polar surface area (TPSA) is 131 Å². The minimum atomic E-state index is -4.06. The largest absolute Gasteiger partial charge is 0.493 e. The molecule has 3 rings (SSSR count). The Morgan fingerprint density at radius 1 is 1.24 bits per heavy atom.